The van der Waals surface area contributed by atoms with Gasteiger partial charge in [-0.15, -0.1) is 5.10 Å². The Bertz CT molecular complexity index is 755. The second-order valence-corrected chi connectivity index (χ2v) is 6.54. The van der Waals surface area contributed by atoms with E-state index in [0.717, 1.165) is 30.5 Å². The number of amides is 1. The lowest BCUT2D eigenvalue weighted by atomic mass is 10.2. The maximum absolute atomic E-state index is 13.9. The molecule has 1 amide bonds. The van der Waals surface area contributed by atoms with E-state index >= 15 is 0 Å². The second kappa shape index (κ2) is 9.27. The van der Waals surface area contributed by atoms with Crippen LogP contribution >= 0.6 is 11.8 Å². The fourth-order valence-corrected chi connectivity index (χ4v) is 2.95. The summed E-state index contributed by atoms with van der Waals surface area (Å²) in [6.07, 6.45) is 2.33. The van der Waals surface area contributed by atoms with Gasteiger partial charge in [0.2, 0.25) is 5.91 Å². The first-order chi connectivity index (χ1) is 12.4. The molecule has 0 bridgehead atoms. The van der Waals surface area contributed by atoms with E-state index in [2.05, 4.69) is 15.5 Å². The van der Waals surface area contributed by atoms with Crippen molar-refractivity contribution in [3.05, 3.63) is 29.3 Å². The molecule has 1 saturated heterocycles. The highest BCUT2D eigenvalue weighted by molar-refractivity contribution is 8.15. The molecule has 2 N–H and O–H groups in total. The van der Waals surface area contributed by atoms with Gasteiger partial charge in [-0.1, -0.05) is 25.1 Å². The molecular formula is C16H17F2N3O4S. The van der Waals surface area contributed by atoms with E-state index in [0.29, 0.717) is 12.5 Å². The molecule has 1 fully saturated rings. The number of benzene rings is 1. The third-order valence-electron chi connectivity index (χ3n) is 3.26. The summed E-state index contributed by atoms with van der Waals surface area (Å²) in [5, 5.41) is 17.9. The summed E-state index contributed by atoms with van der Waals surface area (Å²) in [5.74, 6) is -3.35. The summed E-state index contributed by atoms with van der Waals surface area (Å²) in [4.78, 5) is 22.3. The van der Waals surface area contributed by atoms with Crippen molar-refractivity contribution in [3.63, 3.8) is 0 Å². The second-order valence-electron chi connectivity index (χ2n) is 5.35. The number of carboxylic acids is 1. The van der Waals surface area contributed by atoms with Crippen molar-refractivity contribution >= 4 is 35.0 Å². The normalized spacial score (nSPS) is 18.5. The number of hydrogen-bond acceptors (Lipinski definition) is 6. The van der Waals surface area contributed by atoms with E-state index in [1.165, 1.54) is 0 Å². The van der Waals surface area contributed by atoms with Crippen LogP contribution in [0.4, 0.5) is 8.78 Å². The minimum Gasteiger partial charge on any atom is -0.490 e. The molecule has 1 aliphatic rings. The summed E-state index contributed by atoms with van der Waals surface area (Å²) >= 11 is 0.925. The van der Waals surface area contributed by atoms with Gasteiger partial charge in [-0.2, -0.15) is 5.10 Å². The molecule has 0 aliphatic carbocycles. The Morgan fingerprint density at radius 1 is 1.46 bits per heavy atom. The number of hydrogen-bond donors (Lipinski definition) is 2. The lowest BCUT2D eigenvalue weighted by Gasteiger charge is -2.09. The number of aliphatic carboxylic acids is 1. The number of amidine groups is 1. The van der Waals surface area contributed by atoms with E-state index in [1.54, 1.807) is 0 Å². The first-order valence-electron chi connectivity index (χ1n) is 7.83. The monoisotopic (exact) mass is 385 g/mol. The fourth-order valence-electron chi connectivity index (χ4n) is 2.04. The summed E-state index contributed by atoms with van der Waals surface area (Å²) in [7, 11) is 0. The predicted octanol–water partition coefficient (Wildman–Crippen LogP) is 2.54. The zero-order chi connectivity index (χ0) is 19.1. The average Bonchev–Trinajstić information content (AvgIpc) is 2.89. The van der Waals surface area contributed by atoms with Crippen LogP contribution in [0.1, 0.15) is 31.7 Å². The van der Waals surface area contributed by atoms with Crippen LogP contribution in [0, 0.1) is 11.6 Å². The molecule has 0 saturated carbocycles. The molecule has 1 unspecified atom stereocenters. The first kappa shape index (κ1) is 19.8. The number of unbranched alkanes of at least 4 members (excludes halogenated alkanes) is 1. The van der Waals surface area contributed by atoms with Crippen molar-refractivity contribution in [2.24, 2.45) is 10.2 Å². The molecule has 0 spiro atoms. The maximum atomic E-state index is 13.9. The van der Waals surface area contributed by atoms with E-state index in [4.69, 9.17) is 9.84 Å². The Morgan fingerprint density at radius 3 is 2.92 bits per heavy atom. The molecular weight excluding hydrogens is 368 g/mol. The topological polar surface area (TPSA) is 100 Å². The number of nitrogens with one attached hydrogen (secondary N) is 1. The Hall–Kier alpha value is -2.49. The Kier molecular flexibility index (Phi) is 7.07. The van der Waals surface area contributed by atoms with Crippen molar-refractivity contribution < 1.29 is 28.2 Å². The highest BCUT2D eigenvalue weighted by atomic mass is 32.2. The molecule has 1 aromatic carbocycles. The van der Waals surface area contributed by atoms with Crippen LogP contribution in [0.25, 0.3) is 0 Å². The standard InChI is InChI=1S/C16H17F2N3O4S/c1-2-3-4-25-14-9(5-10(17)6-11(14)18)8-19-21-16-20-15(24)12(26-16)7-13(22)23/h5-6,8,12H,2-4,7H2,1H3,(H,22,23)(H,20,21,24). The summed E-state index contributed by atoms with van der Waals surface area (Å²) in [5.41, 5.74) is 0.0689. The van der Waals surface area contributed by atoms with E-state index < -0.39 is 28.8 Å². The van der Waals surface area contributed by atoms with Gasteiger partial charge in [-0.05, 0) is 12.5 Å². The number of nitrogens with zero attached hydrogens (tertiary/aromatic N) is 2. The number of carboxylic acid groups (broad SMARTS) is 1. The molecule has 7 nitrogen and oxygen atoms in total. The average molecular weight is 385 g/mol. The van der Waals surface area contributed by atoms with Gasteiger partial charge in [0, 0.05) is 11.6 Å². The predicted molar refractivity (Wildman–Crippen MR) is 93.6 cm³/mol. The molecule has 140 valence electrons. The van der Waals surface area contributed by atoms with Crippen LogP contribution in [0.3, 0.4) is 0 Å². The summed E-state index contributed by atoms with van der Waals surface area (Å²) in [6, 6.07) is 1.77. The van der Waals surface area contributed by atoms with Crippen LogP contribution in [0.15, 0.2) is 22.3 Å². The third kappa shape index (κ3) is 5.51. The Labute approximate surface area is 152 Å². The van der Waals surface area contributed by atoms with Crippen molar-refractivity contribution in [1.82, 2.24) is 5.32 Å². The van der Waals surface area contributed by atoms with Crippen molar-refractivity contribution in [1.29, 1.82) is 0 Å². The first-order valence-corrected chi connectivity index (χ1v) is 8.70. The third-order valence-corrected chi connectivity index (χ3v) is 4.34. The van der Waals surface area contributed by atoms with Gasteiger partial charge in [0.25, 0.3) is 0 Å². The van der Waals surface area contributed by atoms with E-state index in [-0.39, 0.29) is 29.5 Å². The quantitative estimate of drug-likeness (QED) is 0.407. The van der Waals surface area contributed by atoms with Gasteiger partial charge >= 0.3 is 5.97 Å². The number of halogens is 2. The zero-order valence-corrected chi connectivity index (χ0v) is 14.7. The minimum absolute atomic E-state index is 0.0689. The lowest BCUT2D eigenvalue weighted by molar-refractivity contribution is -0.138. The minimum atomic E-state index is -1.11. The van der Waals surface area contributed by atoms with E-state index in [9.17, 15) is 18.4 Å². The molecule has 26 heavy (non-hydrogen) atoms. The van der Waals surface area contributed by atoms with Crippen LogP contribution in [0.2, 0.25) is 0 Å². The highest BCUT2D eigenvalue weighted by Crippen LogP contribution is 2.24. The Balaban J connectivity index is 2.12. The van der Waals surface area contributed by atoms with Gasteiger partial charge in [-0.3, -0.25) is 9.59 Å². The number of carbonyl (C=O) groups excluding carboxylic acids is 1. The molecule has 2 rings (SSSR count). The van der Waals surface area contributed by atoms with Crippen LogP contribution in [-0.2, 0) is 9.59 Å². The van der Waals surface area contributed by atoms with Gasteiger partial charge in [0.1, 0.15) is 11.1 Å². The van der Waals surface area contributed by atoms with Crippen LogP contribution in [-0.4, -0.2) is 40.2 Å². The molecule has 1 aromatic rings. The smallest absolute Gasteiger partial charge is 0.305 e. The Morgan fingerprint density at radius 2 is 2.23 bits per heavy atom. The number of rotatable bonds is 8. The SMILES string of the molecule is CCCCOc1c(F)cc(F)cc1C=NN=C1NC(=O)C(CC(=O)O)S1. The molecule has 1 atom stereocenters. The number of carbonyl (C=O) groups is 2. The van der Waals surface area contributed by atoms with Crippen molar-refractivity contribution in [3.8, 4) is 5.75 Å². The van der Waals surface area contributed by atoms with Gasteiger partial charge in [0.05, 0.1) is 19.2 Å². The van der Waals surface area contributed by atoms with Crippen molar-refractivity contribution in [2.45, 2.75) is 31.4 Å². The van der Waals surface area contributed by atoms with Gasteiger partial charge in [0.15, 0.2) is 16.7 Å². The molecule has 0 aromatic heterocycles. The lowest BCUT2D eigenvalue weighted by Crippen LogP contribution is -2.26. The van der Waals surface area contributed by atoms with Crippen molar-refractivity contribution in [2.75, 3.05) is 6.61 Å². The highest BCUT2D eigenvalue weighted by Gasteiger charge is 2.32. The van der Waals surface area contributed by atoms with Crippen LogP contribution in [0.5, 0.6) is 5.75 Å². The van der Waals surface area contributed by atoms with Crippen LogP contribution < -0.4 is 10.1 Å². The van der Waals surface area contributed by atoms with Gasteiger partial charge in [-0.25, -0.2) is 8.78 Å². The molecule has 1 heterocycles. The maximum Gasteiger partial charge on any atom is 0.305 e. The summed E-state index contributed by atoms with van der Waals surface area (Å²) in [6.45, 7) is 2.23. The fraction of sp³-hybridized carbons (Fsp3) is 0.375. The van der Waals surface area contributed by atoms with E-state index in [1.807, 2.05) is 6.92 Å². The molecule has 1 aliphatic heterocycles. The summed E-state index contributed by atoms with van der Waals surface area (Å²) < 4.78 is 32.7. The zero-order valence-electron chi connectivity index (χ0n) is 13.9. The molecule has 0 radical (unpaired) electrons. The number of thioether (sulfide) groups is 1. The molecule has 10 heteroatoms. The number of ether oxygens (including phenoxy) is 1. The largest absolute Gasteiger partial charge is 0.490 e. The van der Waals surface area contributed by atoms with Gasteiger partial charge < -0.3 is 15.2 Å².